The van der Waals surface area contributed by atoms with Gasteiger partial charge >= 0.3 is 0 Å². The van der Waals surface area contributed by atoms with E-state index in [0.29, 0.717) is 0 Å². The Morgan fingerprint density at radius 1 is 1.26 bits per heavy atom. The van der Waals surface area contributed by atoms with Gasteiger partial charge in [-0.3, -0.25) is 0 Å². The standard InChI is InChI=1S/C15H20N2O2/c1-10-11(2)14(19-3)7-6-12(10)13-9-16-15(17-13)5-4-8-18/h6-7,9,18H,4-5,8H2,1-3H3,(H,16,17). The zero-order valence-electron chi connectivity index (χ0n) is 11.7. The average molecular weight is 260 g/mol. The van der Waals surface area contributed by atoms with Crippen molar-refractivity contribution in [3.05, 3.63) is 35.3 Å². The van der Waals surface area contributed by atoms with Gasteiger partial charge in [-0.2, -0.15) is 0 Å². The highest BCUT2D eigenvalue weighted by atomic mass is 16.5. The van der Waals surface area contributed by atoms with Gasteiger partial charge in [0.2, 0.25) is 0 Å². The summed E-state index contributed by atoms with van der Waals surface area (Å²) in [4.78, 5) is 7.65. The van der Waals surface area contributed by atoms with E-state index in [0.717, 1.165) is 41.2 Å². The van der Waals surface area contributed by atoms with E-state index in [2.05, 4.69) is 23.8 Å². The number of hydrogen-bond acceptors (Lipinski definition) is 3. The molecule has 102 valence electrons. The lowest BCUT2D eigenvalue weighted by Gasteiger charge is -2.11. The number of methoxy groups -OCH3 is 1. The zero-order valence-corrected chi connectivity index (χ0v) is 11.7. The minimum atomic E-state index is 0.191. The lowest BCUT2D eigenvalue weighted by molar-refractivity contribution is 0.287. The highest BCUT2D eigenvalue weighted by Crippen LogP contribution is 2.30. The smallest absolute Gasteiger partial charge is 0.122 e. The first kappa shape index (κ1) is 13.6. The first-order chi connectivity index (χ1) is 9.17. The molecule has 0 saturated carbocycles. The van der Waals surface area contributed by atoms with Gasteiger partial charge in [0.1, 0.15) is 11.6 Å². The Bertz CT molecular complexity index is 561. The van der Waals surface area contributed by atoms with E-state index in [1.165, 1.54) is 5.56 Å². The Morgan fingerprint density at radius 2 is 2.05 bits per heavy atom. The molecule has 0 aliphatic rings. The number of aryl methyl sites for hydroxylation is 1. The zero-order chi connectivity index (χ0) is 13.8. The molecule has 19 heavy (non-hydrogen) atoms. The van der Waals surface area contributed by atoms with Crippen LogP contribution < -0.4 is 4.74 Å². The van der Waals surface area contributed by atoms with Crippen LogP contribution in [0.5, 0.6) is 5.75 Å². The van der Waals surface area contributed by atoms with Crippen LogP contribution in [-0.4, -0.2) is 28.8 Å². The topological polar surface area (TPSA) is 58.1 Å². The van der Waals surface area contributed by atoms with Crippen molar-refractivity contribution in [1.82, 2.24) is 9.97 Å². The first-order valence-corrected chi connectivity index (χ1v) is 6.46. The molecule has 2 aromatic rings. The van der Waals surface area contributed by atoms with Crippen molar-refractivity contribution in [1.29, 1.82) is 0 Å². The van der Waals surface area contributed by atoms with E-state index < -0.39 is 0 Å². The van der Waals surface area contributed by atoms with Gasteiger partial charge in [-0.25, -0.2) is 4.98 Å². The number of benzene rings is 1. The van der Waals surface area contributed by atoms with Crippen LogP contribution in [0.1, 0.15) is 23.4 Å². The second-order valence-corrected chi connectivity index (χ2v) is 4.64. The van der Waals surface area contributed by atoms with Gasteiger partial charge in [-0.05, 0) is 43.5 Å². The molecule has 4 nitrogen and oxygen atoms in total. The van der Waals surface area contributed by atoms with E-state index in [1.807, 2.05) is 18.3 Å². The summed E-state index contributed by atoms with van der Waals surface area (Å²) in [5, 5.41) is 8.83. The molecule has 0 unspecified atom stereocenters. The molecule has 0 radical (unpaired) electrons. The summed E-state index contributed by atoms with van der Waals surface area (Å²) in [6.07, 6.45) is 3.35. The molecule has 1 aromatic heterocycles. The molecular weight excluding hydrogens is 240 g/mol. The number of ether oxygens (including phenoxy) is 1. The van der Waals surface area contributed by atoms with Crippen LogP contribution in [-0.2, 0) is 6.42 Å². The van der Waals surface area contributed by atoms with Crippen LogP contribution in [0, 0.1) is 13.8 Å². The Hall–Kier alpha value is -1.81. The van der Waals surface area contributed by atoms with Crippen molar-refractivity contribution in [2.45, 2.75) is 26.7 Å². The van der Waals surface area contributed by atoms with Crippen LogP contribution in [0.15, 0.2) is 18.3 Å². The molecule has 2 rings (SSSR count). The number of H-pyrrole nitrogens is 1. The van der Waals surface area contributed by atoms with Gasteiger partial charge in [0.25, 0.3) is 0 Å². The van der Waals surface area contributed by atoms with Crippen molar-refractivity contribution >= 4 is 0 Å². The molecule has 1 heterocycles. The molecule has 1 aromatic carbocycles. The summed E-state index contributed by atoms with van der Waals surface area (Å²) < 4.78 is 5.32. The van der Waals surface area contributed by atoms with Gasteiger partial charge in [0, 0.05) is 18.6 Å². The largest absolute Gasteiger partial charge is 0.496 e. The van der Waals surface area contributed by atoms with Crippen LogP contribution in [0.3, 0.4) is 0 Å². The average Bonchev–Trinajstić information content (AvgIpc) is 2.88. The summed E-state index contributed by atoms with van der Waals surface area (Å²) >= 11 is 0. The first-order valence-electron chi connectivity index (χ1n) is 6.46. The molecule has 0 saturated heterocycles. The van der Waals surface area contributed by atoms with Crippen LogP contribution in [0.2, 0.25) is 0 Å². The Morgan fingerprint density at radius 3 is 2.74 bits per heavy atom. The molecule has 0 aliphatic carbocycles. The fourth-order valence-electron chi connectivity index (χ4n) is 2.18. The second-order valence-electron chi connectivity index (χ2n) is 4.64. The molecule has 0 atom stereocenters. The van der Waals surface area contributed by atoms with Crippen molar-refractivity contribution < 1.29 is 9.84 Å². The van der Waals surface area contributed by atoms with E-state index in [-0.39, 0.29) is 6.61 Å². The van der Waals surface area contributed by atoms with Crippen LogP contribution in [0.25, 0.3) is 11.3 Å². The number of nitrogens with one attached hydrogen (secondary N) is 1. The Balaban J connectivity index is 2.31. The molecule has 0 fully saturated rings. The van der Waals surface area contributed by atoms with Gasteiger partial charge < -0.3 is 14.8 Å². The summed E-state index contributed by atoms with van der Waals surface area (Å²) in [6, 6.07) is 4.02. The number of hydrogen-bond donors (Lipinski definition) is 2. The number of aliphatic hydroxyl groups is 1. The highest BCUT2D eigenvalue weighted by Gasteiger charge is 2.10. The number of imidazole rings is 1. The highest BCUT2D eigenvalue weighted by molar-refractivity contribution is 5.66. The number of nitrogens with zero attached hydrogens (tertiary/aromatic N) is 1. The third kappa shape index (κ3) is 2.79. The van der Waals surface area contributed by atoms with Gasteiger partial charge in [0.15, 0.2) is 0 Å². The predicted octanol–water partition coefficient (Wildman–Crippen LogP) is 2.63. The predicted molar refractivity (Wildman–Crippen MR) is 75.5 cm³/mol. The normalized spacial score (nSPS) is 10.7. The third-order valence-electron chi connectivity index (χ3n) is 3.45. The molecule has 4 heteroatoms. The maximum atomic E-state index is 8.83. The molecule has 2 N–H and O–H groups in total. The lowest BCUT2D eigenvalue weighted by atomic mass is 10.0. The van der Waals surface area contributed by atoms with Crippen molar-refractivity contribution in [2.24, 2.45) is 0 Å². The monoisotopic (exact) mass is 260 g/mol. The van der Waals surface area contributed by atoms with Crippen molar-refractivity contribution in [3.8, 4) is 17.0 Å². The lowest BCUT2D eigenvalue weighted by Crippen LogP contribution is -1.94. The van der Waals surface area contributed by atoms with Crippen molar-refractivity contribution in [2.75, 3.05) is 13.7 Å². The molecule has 0 spiro atoms. The Kier molecular flexibility index (Phi) is 4.22. The number of rotatable bonds is 5. The third-order valence-corrected chi connectivity index (χ3v) is 3.45. The molecule has 0 bridgehead atoms. The molecule has 0 aliphatic heterocycles. The summed E-state index contributed by atoms with van der Waals surface area (Å²) in [6.45, 7) is 4.33. The Labute approximate surface area is 113 Å². The summed E-state index contributed by atoms with van der Waals surface area (Å²) in [5.41, 5.74) is 4.49. The second kappa shape index (κ2) is 5.89. The maximum absolute atomic E-state index is 8.83. The minimum absolute atomic E-state index is 0.191. The summed E-state index contributed by atoms with van der Waals surface area (Å²) in [7, 11) is 1.69. The van der Waals surface area contributed by atoms with Crippen molar-refractivity contribution in [3.63, 3.8) is 0 Å². The van der Waals surface area contributed by atoms with E-state index in [9.17, 15) is 0 Å². The number of aromatic amines is 1. The molecule has 0 amide bonds. The fraction of sp³-hybridized carbons (Fsp3) is 0.400. The van der Waals surface area contributed by atoms with E-state index in [1.54, 1.807) is 7.11 Å². The summed E-state index contributed by atoms with van der Waals surface area (Å²) in [5.74, 6) is 1.82. The number of aromatic nitrogens is 2. The minimum Gasteiger partial charge on any atom is -0.496 e. The van der Waals surface area contributed by atoms with E-state index >= 15 is 0 Å². The van der Waals surface area contributed by atoms with Gasteiger partial charge in [-0.15, -0.1) is 0 Å². The van der Waals surface area contributed by atoms with Crippen LogP contribution in [0.4, 0.5) is 0 Å². The maximum Gasteiger partial charge on any atom is 0.122 e. The molecular formula is C15H20N2O2. The van der Waals surface area contributed by atoms with E-state index in [4.69, 9.17) is 9.84 Å². The SMILES string of the molecule is COc1ccc(-c2cnc(CCCO)[nH]2)c(C)c1C. The quantitative estimate of drug-likeness (QED) is 0.869. The van der Waals surface area contributed by atoms with Crippen LogP contribution >= 0.6 is 0 Å². The fourth-order valence-corrected chi connectivity index (χ4v) is 2.18. The number of aliphatic hydroxyl groups excluding tert-OH is 1. The van der Waals surface area contributed by atoms with Gasteiger partial charge in [0.05, 0.1) is 19.0 Å². The van der Waals surface area contributed by atoms with Gasteiger partial charge in [-0.1, -0.05) is 0 Å².